The largest absolute Gasteiger partial charge is 0.493 e. The number of hydrogen-bond donors (Lipinski definition) is 1. The monoisotopic (exact) mass is 402 g/mol. The Morgan fingerprint density at radius 2 is 2.19 bits per heavy atom. The molecule has 1 fully saturated rings. The van der Waals surface area contributed by atoms with E-state index in [4.69, 9.17) is 9.26 Å². The van der Waals surface area contributed by atoms with Gasteiger partial charge in [0.05, 0.1) is 13.2 Å². The van der Waals surface area contributed by atoms with Crippen molar-refractivity contribution in [1.29, 1.82) is 0 Å². The molecular formula is C17H21ClF2N4O3. The number of nitrogens with zero attached hydrogens (tertiary/aromatic N) is 3. The fraction of sp³-hybridized carbons (Fsp3) is 0.412. The van der Waals surface area contributed by atoms with Crippen LogP contribution >= 0.6 is 12.4 Å². The van der Waals surface area contributed by atoms with Gasteiger partial charge in [-0.25, -0.2) is 0 Å². The number of benzene rings is 1. The highest BCUT2D eigenvalue weighted by molar-refractivity contribution is 5.85. The van der Waals surface area contributed by atoms with Gasteiger partial charge in [-0.3, -0.25) is 4.90 Å². The molecule has 0 aliphatic carbocycles. The van der Waals surface area contributed by atoms with E-state index < -0.39 is 6.61 Å². The van der Waals surface area contributed by atoms with Crippen molar-refractivity contribution in [2.45, 2.75) is 12.7 Å². The quantitative estimate of drug-likeness (QED) is 0.796. The molecule has 0 amide bonds. The summed E-state index contributed by atoms with van der Waals surface area (Å²) in [6.45, 7) is -0.410. The van der Waals surface area contributed by atoms with Crippen LogP contribution in [0.4, 0.5) is 8.78 Å². The number of halogens is 3. The van der Waals surface area contributed by atoms with Crippen LogP contribution in [0.25, 0.3) is 12.2 Å². The molecule has 2 heterocycles. The zero-order chi connectivity index (χ0) is 18.5. The lowest BCUT2D eigenvalue weighted by Gasteiger charge is -2.30. The Labute approximate surface area is 161 Å². The van der Waals surface area contributed by atoms with Crippen LogP contribution in [-0.2, 0) is 0 Å². The number of methoxy groups -OCH3 is 1. The lowest BCUT2D eigenvalue weighted by Crippen LogP contribution is -2.44. The third-order valence-electron chi connectivity index (χ3n) is 4.11. The van der Waals surface area contributed by atoms with Gasteiger partial charge in [-0.2, -0.15) is 13.8 Å². The number of piperazine rings is 1. The van der Waals surface area contributed by atoms with Gasteiger partial charge >= 0.3 is 6.61 Å². The van der Waals surface area contributed by atoms with Crippen LogP contribution < -0.4 is 14.8 Å². The zero-order valence-electron chi connectivity index (χ0n) is 14.9. The second kappa shape index (κ2) is 9.63. The normalized spacial score (nSPS) is 17.9. The van der Waals surface area contributed by atoms with E-state index >= 15 is 0 Å². The van der Waals surface area contributed by atoms with Crippen LogP contribution in [0.1, 0.15) is 23.3 Å². The highest BCUT2D eigenvalue weighted by atomic mass is 35.5. The van der Waals surface area contributed by atoms with E-state index in [0.717, 1.165) is 19.6 Å². The van der Waals surface area contributed by atoms with Gasteiger partial charge in [-0.1, -0.05) is 17.3 Å². The summed E-state index contributed by atoms with van der Waals surface area (Å²) in [5.74, 6) is 1.03. The standard InChI is InChI=1S/C17H20F2N4O3.ClH/c1-23-9-8-20-10-12(23)16-21-14(26-22-16)7-6-11-4-3-5-13(24-2)15(11)25-17(18)19;/h3-7,12,17,20H,8-10H2,1-2H3;1H/b7-6+;. The van der Waals surface area contributed by atoms with Crippen LogP contribution in [0.2, 0.25) is 0 Å². The van der Waals surface area contributed by atoms with Crippen LogP contribution in [0, 0.1) is 0 Å². The van der Waals surface area contributed by atoms with Crippen molar-refractivity contribution >= 4 is 24.6 Å². The Balaban J connectivity index is 0.00000261. The van der Waals surface area contributed by atoms with Crippen molar-refractivity contribution in [3.05, 3.63) is 35.5 Å². The molecule has 1 aliphatic rings. The van der Waals surface area contributed by atoms with E-state index in [1.54, 1.807) is 30.4 Å². The van der Waals surface area contributed by atoms with E-state index in [1.807, 2.05) is 7.05 Å². The predicted octanol–water partition coefficient (Wildman–Crippen LogP) is 2.85. The van der Waals surface area contributed by atoms with Gasteiger partial charge < -0.3 is 19.3 Å². The molecule has 0 spiro atoms. The highest BCUT2D eigenvalue weighted by Crippen LogP contribution is 2.33. The summed E-state index contributed by atoms with van der Waals surface area (Å²) in [4.78, 5) is 6.51. The van der Waals surface area contributed by atoms with Crippen molar-refractivity contribution in [3.8, 4) is 11.5 Å². The Morgan fingerprint density at radius 3 is 2.89 bits per heavy atom. The summed E-state index contributed by atoms with van der Waals surface area (Å²) in [6, 6.07) is 4.89. The molecule has 1 atom stereocenters. The van der Waals surface area contributed by atoms with Gasteiger partial charge in [0.15, 0.2) is 17.3 Å². The first-order valence-electron chi connectivity index (χ1n) is 8.13. The number of likely N-dealkylation sites (N-methyl/N-ethyl adjacent to an activating group) is 1. The number of nitrogens with one attached hydrogen (secondary N) is 1. The van der Waals surface area contributed by atoms with Crippen molar-refractivity contribution in [2.75, 3.05) is 33.8 Å². The van der Waals surface area contributed by atoms with Crippen molar-refractivity contribution in [3.63, 3.8) is 0 Å². The number of rotatable bonds is 6. The SMILES string of the molecule is COc1cccc(/C=C/c2nc(C3CNCCN3C)no2)c1OC(F)F.Cl. The first-order valence-corrected chi connectivity index (χ1v) is 8.13. The molecule has 10 heteroatoms. The maximum Gasteiger partial charge on any atom is 0.387 e. The smallest absolute Gasteiger partial charge is 0.387 e. The van der Waals surface area contributed by atoms with Gasteiger partial charge in [0.25, 0.3) is 5.89 Å². The topological polar surface area (TPSA) is 72.7 Å². The van der Waals surface area contributed by atoms with Crippen molar-refractivity contribution < 1.29 is 22.8 Å². The molecule has 1 saturated heterocycles. The first kappa shape index (κ1) is 21.1. The van der Waals surface area contributed by atoms with E-state index in [2.05, 4.69) is 25.1 Å². The molecule has 148 valence electrons. The zero-order valence-corrected chi connectivity index (χ0v) is 15.7. The molecule has 1 aliphatic heterocycles. The number of alkyl halides is 2. The molecule has 1 unspecified atom stereocenters. The molecule has 2 aromatic rings. The molecule has 7 nitrogen and oxygen atoms in total. The van der Waals surface area contributed by atoms with E-state index in [9.17, 15) is 8.78 Å². The van der Waals surface area contributed by atoms with Gasteiger partial charge in [0.2, 0.25) is 0 Å². The molecule has 0 saturated carbocycles. The highest BCUT2D eigenvalue weighted by Gasteiger charge is 2.24. The molecule has 1 aromatic carbocycles. The van der Waals surface area contributed by atoms with Gasteiger partial charge in [-0.15, -0.1) is 12.4 Å². The maximum absolute atomic E-state index is 12.7. The lowest BCUT2D eigenvalue weighted by molar-refractivity contribution is -0.0513. The Kier molecular flexibility index (Phi) is 7.52. The third kappa shape index (κ3) is 5.15. The second-order valence-electron chi connectivity index (χ2n) is 5.78. The van der Waals surface area contributed by atoms with Gasteiger partial charge in [0.1, 0.15) is 0 Å². The predicted molar refractivity (Wildman–Crippen MR) is 98.3 cm³/mol. The third-order valence-corrected chi connectivity index (χ3v) is 4.11. The number of hydrogen-bond acceptors (Lipinski definition) is 7. The van der Waals surface area contributed by atoms with E-state index in [0.29, 0.717) is 11.4 Å². The lowest BCUT2D eigenvalue weighted by atomic mass is 10.1. The summed E-state index contributed by atoms with van der Waals surface area (Å²) in [7, 11) is 3.39. The average molecular weight is 403 g/mol. The summed E-state index contributed by atoms with van der Waals surface area (Å²) in [6.07, 6.45) is 3.13. The first-order chi connectivity index (χ1) is 12.6. The minimum absolute atomic E-state index is 0. The van der Waals surface area contributed by atoms with Gasteiger partial charge in [-0.05, 0) is 19.2 Å². The molecule has 0 radical (unpaired) electrons. The summed E-state index contributed by atoms with van der Waals surface area (Å²) in [5, 5.41) is 7.30. The second-order valence-corrected chi connectivity index (χ2v) is 5.78. The minimum atomic E-state index is -2.96. The molecule has 0 bridgehead atoms. The fourth-order valence-corrected chi connectivity index (χ4v) is 2.75. The minimum Gasteiger partial charge on any atom is -0.493 e. The van der Waals surface area contributed by atoms with Crippen LogP contribution in [0.3, 0.4) is 0 Å². The molecule has 3 rings (SSSR count). The Bertz CT molecular complexity index is 772. The summed E-state index contributed by atoms with van der Waals surface area (Å²) in [5.41, 5.74) is 0.417. The Hall–Kier alpha value is -2.23. The fourth-order valence-electron chi connectivity index (χ4n) is 2.75. The van der Waals surface area contributed by atoms with Gasteiger partial charge in [0, 0.05) is 31.3 Å². The number of ether oxygens (including phenoxy) is 2. The van der Waals surface area contributed by atoms with Crippen molar-refractivity contribution in [2.24, 2.45) is 0 Å². The van der Waals surface area contributed by atoms with Crippen LogP contribution in [-0.4, -0.2) is 55.4 Å². The summed E-state index contributed by atoms with van der Waals surface area (Å²) >= 11 is 0. The number of para-hydroxylation sites is 1. The van der Waals surface area contributed by atoms with Crippen LogP contribution in [0.5, 0.6) is 11.5 Å². The summed E-state index contributed by atoms with van der Waals surface area (Å²) < 4.78 is 40.2. The maximum atomic E-state index is 12.7. The molecule has 1 aromatic heterocycles. The van der Waals surface area contributed by atoms with E-state index in [-0.39, 0.29) is 35.8 Å². The average Bonchev–Trinajstić information content (AvgIpc) is 3.09. The Morgan fingerprint density at radius 1 is 1.37 bits per heavy atom. The molecule has 1 N–H and O–H groups in total. The van der Waals surface area contributed by atoms with Crippen LogP contribution in [0.15, 0.2) is 22.7 Å². The molecule has 27 heavy (non-hydrogen) atoms. The number of aromatic nitrogens is 2. The van der Waals surface area contributed by atoms with E-state index in [1.165, 1.54) is 7.11 Å². The van der Waals surface area contributed by atoms with Crippen molar-refractivity contribution in [1.82, 2.24) is 20.4 Å². The molecular weight excluding hydrogens is 382 g/mol.